The molecule has 2 N–H and O–H groups in total. The van der Waals surface area contributed by atoms with Gasteiger partial charge in [0.05, 0.1) is 40.4 Å². The van der Waals surface area contributed by atoms with Crippen molar-refractivity contribution in [2.24, 2.45) is 0 Å². The second-order valence-corrected chi connectivity index (χ2v) is 21.2. The molecule has 0 aliphatic rings. The van der Waals surface area contributed by atoms with Crippen LogP contribution in [0.1, 0.15) is 47.8 Å². The zero-order chi connectivity index (χ0) is 35.5. The molecule has 0 saturated heterocycles. The SMILES string of the molecule is COC(=O)c1cc(Oc2ccc(NS(=O)(=O)c3ccc(C)cc3)c(CO[Si](C)(C)C(C)(C)C)c2)ccc1NS(=O)(=O)c1ccc(C)cc1. The van der Waals surface area contributed by atoms with Gasteiger partial charge in [-0.05, 0) is 92.6 Å². The number of aryl methyl sites for hydroxylation is 2. The van der Waals surface area contributed by atoms with Gasteiger partial charge < -0.3 is 13.9 Å². The van der Waals surface area contributed by atoms with Gasteiger partial charge in [-0.15, -0.1) is 0 Å². The van der Waals surface area contributed by atoms with Crippen LogP contribution in [0.15, 0.2) is 94.7 Å². The van der Waals surface area contributed by atoms with Crippen LogP contribution in [0.25, 0.3) is 0 Å². The van der Waals surface area contributed by atoms with Crippen LogP contribution >= 0.6 is 0 Å². The second kappa shape index (κ2) is 14.1. The lowest BCUT2D eigenvalue weighted by Crippen LogP contribution is -2.40. The van der Waals surface area contributed by atoms with E-state index in [4.69, 9.17) is 13.9 Å². The van der Waals surface area contributed by atoms with Crippen molar-refractivity contribution in [3.05, 3.63) is 107 Å². The third-order valence-electron chi connectivity index (χ3n) is 8.25. The summed E-state index contributed by atoms with van der Waals surface area (Å²) in [5, 5.41) is -0.0876. The van der Waals surface area contributed by atoms with Crippen LogP contribution in [0.3, 0.4) is 0 Å². The average Bonchev–Trinajstić information content (AvgIpc) is 3.01. The summed E-state index contributed by atoms with van der Waals surface area (Å²) in [5.74, 6) is -0.213. The molecule has 0 bridgehead atoms. The van der Waals surface area contributed by atoms with E-state index in [0.717, 1.165) is 11.1 Å². The first-order valence-electron chi connectivity index (χ1n) is 15.2. The minimum Gasteiger partial charge on any atom is -0.465 e. The minimum absolute atomic E-state index is 0.0131. The summed E-state index contributed by atoms with van der Waals surface area (Å²) in [6, 6.07) is 22.0. The number of benzene rings is 4. The molecule has 0 fully saturated rings. The molecule has 0 aliphatic carbocycles. The molecule has 0 aromatic heterocycles. The molecule has 48 heavy (non-hydrogen) atoms. The highest BCUT2D eigenvalue weighted by Gasteiger charge is 2.37. The van der Waals surface area contributed by atoms with E-state index in [1.807, 2.05) is 13.8 Å². The van der Waals surface area contributed by atoms with Crippen molar-refractivity contribution in [2.75, 3.05) is 16.6 Å². The Morgan fingerprint density at radius 3 is 1.65 bits per heavy atom. The number of anilines is 2. The van der Waals surface area contributed by atoms with Gasteiger partial charge in [-0.3, -0.25) is 9.44 Å². The number of nitrogens with one attached hydrogen (secondary N) is 2. The topological polar surface area (TPSA) is 137 Å². The van der Waals surface area contributed by atoms with E-state index in [1.165, 1.54) is 37.4 Å². The number of ether oxygens (including phenoxy) is 2. The summed E-state index contributed by atoms with van der Waals surface area (Å²) in [5.41, 5.74) is 2.67. The normalized spacial score (nSPS) is 12.3. The summed E-state index contributed by atoms with van der Waals surface area (Å²) < 4.78 is 75.4. The summed E-state index contributed by atoms with van der Waals surface area (Å²) in [4.78, 5) is 12.9. The van der Waals surface area contributed by atoms with Crippen molar-refractivity contribution < 1.29 is 35.5 Å². The number of hydrogen-bond donors (Lipinski definition) is 2. The Hall–Kier alpha value is -4.17. The van der Waals surface area contributed by atoms with Gasteiger partial charge in [0.25, 0.3) is 20.0 Å². The zero-order valence-corrected chi connectivity index (χ0v) is 31.0. The van der Waals surface area contributed by atoms with Crippen molar-refractivity contribution >= 4 is 45.7 Å². The van der Waals surface area contributed by atoms with Crippen LogP contribution < -0.4 is 14.2 Å². The van der Waals surface area contributed by atoms with Gasteiger partial charge in [0.15, 0.2) is 8.32 Å². The number of hydrogen-bond acceptors (Lipinski definition) is 8. The van der Waals surface area contributed by atoms with Crippen molar-refractivity contribution in [1.29, 1.82) is 0 Å². The fourth-order valence-corrected chi connectivity index (χ4v) is 7.39. The molecule has 0 spiro atoms. The van der Waals surface area contributed by atoms with Crippen LogP contribution in [0, 0.1) is 13.8 Å². The third kappa shape index (κ3) is 8.84. The van der Waals surface area contributed by atoms with E-state index in [2.05, 4.69) is 43.3 Å². The van der Waals surface area contributed by atoms with Gasteiger partial charge in [0.2, 0.25) is 0 Å². The molecule has 0 amide bonds. The minimum atomic E-state index is -4.01. The third-order valence-corrected chi connectivity index (χ3v) is 15.5. The van der Waals surface area contributed by atoms with E-state index in [9.17, 15) is 21.6 Å². The van der Waals surface area contributed by atoms with Gasteiger partial charge in [0.1, 0.15) is 11.5 Å². The Balaban J connectivity index is 1.67. The summed E-state index contributed by atoms with van der Waals surface area (Å²) in [6.45, 7) is 14.4. The Labute approximate surface area is 284 Å². The molecule has 0 saturated carbocycles. The van der Waals surface area contributed by atoms with E-state index in [1.54, 1.807) is 54.6 Å². The first-order chi connectivity index (χ1) is 22.3. The lowest BCUT2D eigenvalue weighted by Gasteiger charge is -2.36. The number of carbonyl (C=O) groups excluding carboxylic acids is 1. The molecule has 10 nitrogen and oxygen atoms in total. The fraction of sp³-hybridized carbons (Fsp3) is 0.286. The highest BCUT2D eigenvalue weighted by atomic mass is 32.2. The molecule has 0 atom stereocenters. The van der Waals surface area contributed by atoms with Gasteiger partial charge in [-0.2, -0.15) is 0 Å². The molecule has 0 unspecified atom stereocenters. The second-order valence-electron chi connectivity index (χ2n) is 13.0. The van der Waals surface area contributed by atoms with Crippen LogP contribution in [0.5, 0.6) is 11.5 Å². The number of sulfonamides is 2. The monoisotopic (exact) mass is 710 g/mol. The molecule has 256 valence electrons. The van der Waals surface area contributed by atoms with Crippen molar-refractivity contribution in [2.45, 2.75) is 69.1 Å². The number of methoxy groups -OCH3 is 1. The Morgan fingerprint density at radius 2 is 1.17 bits per heavy atom. The maximum absolute atomic E-state index is 13.3. The zero-order valence-electron chi connectivity index (χ0n) is 28.4. The number of esters is 1. The van der Waals surface area contributed by atoms with Crippen molar-refractivity contribution in [1.82, 2.24) is 0 Å². The van der Waals surface area contributed by atoms with Gasteiger partial charge >= 0.3 is 5.97 Å². The largest absolute Gasteiger partial charge is 0.465 e. The van der Waals surface area contributed by atoms with Crippen LogP contribution in [-0.4, -0.2) is 38.2 Å². The molecular formula is C35H42N2O8S2Si. The Kier molecular flexibility index (Phi) is 10.8. The van der Waals surface area contributed by atoms with E-state index >= 15 is 0 Å². The van der Waals surface area contributed by atoms with E-state index < -0.39 is 34.3 Å². The molecule has 4 aromatic rings. The lowest BCUT2D eigenvalue weighted by molar-refractivity contribution is 0.0601. The molecule has 4 aromatic carbocycles. The van der Waals surface area contributed by atoms with Gasteiger partial charge in [-0.25, -0.2) is 21.6 Å². The molecular weight excluding hydrogens is 669 g/mol. The highest BCUT2D eigenvalue weighted by Crippen LogP contribution is 2.38. The summed E-state index contributed by atoms with van der Waals surface area (Å²) in [7, 11) is -8.96. The number of carbonyl (C=O) groups is 1. The quantitative estimate of drug-likeness (QED) is 0.111. The molecule has 0 radical (unpaired) electrons. The predicted octanol–water partition coefficient (Wildman–Crippen LogP) is 8.01. The van der Waals surface area contributed by atoms with Crippen molar-refractivity contribution in [3.63, 3.8) is 0 Å². The van der Waals surface area contributed by atoms with Gasteiger partial charge in [0, 0.05) is 5.56 Å². The highest BCUT2D eigenvalue weighted by molar-refractivity contribution is 7.93. The maximum Gasteiger partial charge on any atom is 0.340 e. The molecule has 0 heterocycles. The van der Waals surface area contributed by atoms with Crippen LogP contribution in [0.2, 0.25) is 18.1 Å². The van der Waals surface area contributed by atoms with Gasteiger partial charge in [-0.1, -0.05) is 56.2 Å². The molecule has 13 heteroatoms. The van der Waals surface area contributed by atoms with Crippen LogP contribution in [-0.2, 0) is 35.8 Å². The lowest BCUT2D eigenvalue weighted by atomic mass is 10.1. The van der Waals surface area contributed by atoms with E-state index in [0.29, 0.717) is 17.0 Å². The standard InChI is InChI=1S/C35H42N2O8S2Si/c1-24-9-15-29(16-10-24)46(39,40)36-32-19-13-27(21-26(32)23-44-48(7,8)35(3,4)5)45-28-14-20-33(31(22-28)34(38)43-6)37-47(41,42)30-17-11-25(2)12-18-30/h9-22,36-37H,23H2,1-8H3. The Bertz CT molecular complexity index is 2010. The van der Waals surface area contributed by atoms with E-state index in [-0.39, 0.29) is 38.4 Å². The average molecular weight is 711 g/mol. The number of rotatable bonds is 12. The fourth-order valence-electron chi connectivity index (χ4n) is 4.26. The summed E-state index contributed by atoms with van der Waals surface area (Å²) >= 11 is 0. The summed E-state index contributed by atoms with van der Waals surface area (Å²) in [6.07, 6.45) is 0. The Morgan fingerprint density at radius 1 is 0.708 bits per heavy atom. The first kappa shape index (κ1) is 36.7. The first-order valence-corrected chi connectivity index (χ1v) is 21.0. The van der Waals surface area contributed by atoms with Crippen molar-refractivity contribution in [3.8, 4) is 11.5 Å². The molecule has 4 rings (SSSR count). The molecule has 0 aliphatic heterocycles. The smallest absolute Gasteiger partial charge is 0.340 e. The predicted molar refractivity (Wildman–Crippen MR) is 190 cm³/mol. The van der Waals surface area contributed by atoms with Crippen LogP contribution in [0.4, 0.5) is 11.4 Å². The maximum atomic E-state index is 13.3.